The summed E-state index contributed by atoms with van der Waals surface area (Å²) in [7, 11) is 0. The highest BCUT2D eigenvalue weighted by molar-refractivity contribution is 5.87. The van der Waals surface area contributed by atoms with Crippen LogP contribution in [0.1, 0.15) is 27.7 Å². The summed E-state index contributed by atoms with van der Waals surface area (Å²) >= 11 is 0. The lowest BCUT2D eigenvalue weighted by atomic mass is 9.70. The van der Waals surface area contributed by atoms with E-state index in [0.29, 0.717) is 13.1 Å². The van der Waals surface area contributed by atoms with Crippen LogP contribution in [0.25, 0.3) is 0 Å². The molecule has 0 radical (unpaired) electrons. The summed E-state index contributed by atoms with van der Waals surface area (Å²) in [6.07, 6.45) is 0. The second kappa shape index (κ2) is 4.18. The number of carbonyl (C=O) groups is 2. The van der Waals surface area contributed by atoms with Gasteiger partial charge in [0.25, 0.3) is 0 Å². The van der Waals surface area contributed by atoms with Crippen molar-refractivity contribution in [3.05, 3.63) is 0 Å². The number of hydrogen-bond acceptors (Lipinski definition) is 4. The molecule has 2 amide bonds. The topological polar surface area (TPSA) is 92.7 Å². The summed E-state index contributed by atoms with van der Waals surface area (Å²) in [5, 5.41) is 0. The fourth-order valence-corrected chi connectivity index (χ4v) is 2.87. The summed E-state index contributed by atoms with van der Waals surface area (Å²) in [6.45, 7) is 9.05. The summed E-state index contributed by atoms with van der Waals surface area (Å²) in [5.41, 5.74) is 10.9. The van der Waals surface area contributed by atoms with Crippen molar-refractivity contribution in [3.8, 4) is 0 Å². The van der Waals surface area contributed by atoms with Gasteiger partial charge < -0.3 is 21.3 Å². The third kappa shape index (κ3) is 1.94. The van der Waals surface area contributed by atoms with E-state index in [0.717, 1.165) is 0 Å². The maximum absolute atomic E-state index is 12.4. The van der Waals surface area contributed by atoms with Crippen molar-refractivity contribution in [2.45, 2.75) is 45.3 Å². The number of amides is 2. The number of rotatable bonds is 2. The maximum Gasteiger partial charge on any atom is 0.240 e. The molecule has 19 heavy (non-hydrogen) atoms. The molecule has 6 heteroatoms. The van der Waals surface area contributed by atoms with E-state index in [1.807, 2.05) is 32.6 Å². The average Bonchev–Trinajstić information content (AvgIpc) is 2.33. The monoisotopic (exact) mass is 268 g/mol. The lowest BCUT2D eigenvalue weighted by Gasteiger charge is -2.69. The molecule has 4 N–H and O–H groups in total. The van der Waals surface area contributed by atoms with Gasteiger partial charge in [0, 0.05) is 13.1 Å². The lowest BCUT2D eigenvalue weighted by Crippen LogP contribution is -2.88. The van der Waals surface area contributed by atoms with Gasteiger partial charge in [0.15, 0.2) is 0 Å². The third-order valence-corrected chi connectivity index (χ3v) is 4.52. The molecule has 2 heterocycles. The number of piperazine rings is 1. The van der Waals surface area contributed by atoms with E-state index in [9.17, 15) is 9.59 Å². The van der Waals surface area contributed by atoms with Crippen molar-refractivity contribution in [2.75, 3.05) is 19.6 Å². The van der Waals surface area contributed by atoms with Gasteiger partial charge in [-0.25, -0.2) is 0 Å². The van der Waals surface area contributed by atoms with Gasteiger partial charge in [-0.05, 0) is 12.3 Å². The molecule has 0 spiro atoms. The van der Waals surface area contributed by atoms with Gasteiger partial charge in [-0.1, -0.05) is 20.8 Å². The van der Waals surface area contributed by atoms with Crippen molar-refractivity contribution in [2.24, 2.45) is 16.9 Å². The van der Waals surface area contributed by atoms with Crippen LogP contribution in [0.5, 0.6) is 0 Å². The Balaban J connectivity index is 2.01. The minimum Gasteiger partial charge on any atom is -0.332 e. The molecule has 0 aromatic carbocycles. The van der Waals surface area contributed by atoms with Crippen LogP contribution in [-0.2, 0) is 9.59 Å². The zero-order chi connectivity index (χ0) is 14.6. The van der Waals surface area contributed by atoms with Gasteiger partial charge >= 0.3 is 0 Å². The first kappa shape index (κ1) is 14.3. The first-order valence-electron chi connectivity index (χ1n) is 6.69. The Morgan fingerprint density at radius 1 is 1.42 bits per heavy atom. The molecule has 6 nitrogen and oxygen atoms in total. The second-order valence-electron chi connectivity index (χ2n) is 6.89. The molecule has 108 valence electrons. The highest BCUT2D eigenvalue weighted by Gasteiger charge is 2.64. The van der Waals surface area contributed by atoms with Crippen LogP contribution < -0.4 is 11.5 Å². The molecular weight excluding hydrogens is 244 g/mol. The Morgan fingerprint density at radius 3 is 2.37 bits per heavy atom. The summed E-state index contributed by atoms with van der Waals surface area (Å²) < 4.78 is 0. The summed E-state index contributed by atoms with van der Waals surface area (Å²) in [5.74, 6) is -0.0687. The zero-order valence-corrected chi connectivity index (χ0v) is 12.1. The number of hydrogen-bond donors (Lipinski definition) is 2. The molecule has 3 atom stereocenters. The van der Waals surface area contributed by atoms with Gasteiger partial charge in [0.1, 0.15) is 0 Å². The van der Waals surface area contributed by atoms with E-state index in [2.05, 4.69) is 0 Å². The normalized spacial score (nSPS) is 31.2. The van der Waals surface area contributed by atoms with Crippen LogP contribution in [-0.4, -0.2) is 58.9 Å². The van der Waals surface area contributed by atoms with Gasteiger partial charge in [-0.3, -0.25) is 9.59 Å². The van der Waals surface area contributed by atoms with Gasteiger partial charge in [-0.15, -0.1) is 0 Å². The molecule has 2 rings (SSSR count). The van der Waals surface area contributed by atoms with Crippen LogP contribution in [0.15, 0.2) is 0 Å². The third-order valence-electron chi connectivity index (χ3n) is 4.52. The van der Waals surface area contributed by atoms with Crippen molar-refractivity contribution >= 4 is 11.8 Å². The van der Waals surface area contributed by atoms with Gasteiger partial charge in [0.05, 0.1) is 24.2 Å². The predicted octanol–water partition coefficient (Wildman–Crippen LogP) is -0.870. The smallest absolute Gasteiger partial charge is 0.240 e. The van der Waals surface area contributed by atoms with E-state index in [4.69, 9.17) is 11.5 Å². The second-order valence-corrected chi connectivity index (χ2v) is 6.89. The Labute approximate surface area is 114 Å². The minimum absolute atomic E-state index is 0.0221. The fourth-order valence-electron chi connectivity index (χ4n) is 2.87. The van der Waals surface area contributed by atoms with Crippen molar-refractivity contribution in [1.82, 2.24) is 9.80 Å². The molecule has 0 bridgehead atoms. The number of nitrogens with two attached hydrogens (primary N) is 2. The average molecular weight is 268 g/mol. The molecule has 0 aliphatic carbocycles. The standard InChI is InChI=1S/C13H24N4O2/c1-12(2,3)10(15)11(19)17-6-8-13(17,4)7-16(8)9(18)5-14/h8,10H,5-7,14-15H2,1-4H3/t8?,10-,13-/m1/s1. The largest absolute Gasteiger partial charge is 0.332 e. The van der Waals surface area contributed by atoms with Crippen molar-refractivity contribution in [1.29, 1.82) is 0 Å². The van der Waals surface area contributed by atoms with Crippen molar-refractivity contribution in [3.63, 3.8) is 0 Å². The first-order valence-corrected chi connectivity index (χ1v) is 6.69. The number of fused-ring (bicyclic) bond motifs is 1. The molecule has 2 saturated heterocycles. The Kier molecular flexibility index (Phi) is 3.14. The molecule has 2 aliphatic heterocycles. The van der Waals surface area contributed by atoms with Crippen molar-refractivity contribution < 1.29 is 9.59 Å². The predicted molar refractivity (Wildman–Crippen MR) is 72.1 cm³/mol. The summed E-state index contributed by atoms with van der Waals surface area (Å²) in [6, 6.07) is -0.399. The lowest BCUT2D eigenvalue weighted by molar-refractivity contribution is -0.205. The first-order chi connectivity index (χ1) is 8.63. The molecular formula is C13H24N4O2. The number of carbonyl (C=O) groups excluding carboxylic acids is 2. The molecule has 0 aromatic rings. The Morgan fingerprint density at radius 2 is 2.00 bits per heavy atom. The summed E-state index contributed by atoms with van der Waals surface area (Å²) in [4.78, 5) is 27.5. The van der Waals surface area contributed by atoms with E-state index in [1.54, 1.807) is 4.90 Å². The molecule has 2 aliphatic rings. The van der Waals surface area contributed by atoms with Crippen LogP contribution in [0.4, 0.5) is 0 Å². The van der Waals surface area contributed by atoms with E-state index in [-0.39, 0.29) is 35.4 Å². The molecule has 0 aromatic heterocycles. The van der Waals surface area contributed by atoms with Crippen LogP contribution in [0.3, 0.4) is 0 Å². The Bertz CT molecular complexity index is 417. The van der Waals surface area contributed by atoms with Crippen LogP contribution in [0.2, 0.25) is 0 Å². The SMILES string of the molecule is CC(C)(C)[C@H](N)C(=O)N1CC2N(C(=O)CN)C[C@]21C. The highest BCUT2D eigenvalue weighted by atomic mass is 16.2. The van der Waals surface area contributed by atoms with Crippen LogP contribution in [0, 0.1) is 5.41 Å². The highest BCUT2D eigenvalue weighted by Crippen LogP contribution is 2.44. The van der Waals surface area contributed by atoms with Gasteiger partial charge in [-0.2, -0.15) is 0 Å². The Hall–Kier alpha value is -1.14. The van der Waals surface area contributed by atoms with Crippen LogP contribution >= 0.6 is 0 Å². The minimum atomic E-state index is -0.510. The quantitative estimate of drug-likeness (QED) is 0.681. The maximum atomic E-state index is 12.4. The molecule has 1 unspecified atom stereocenters. The zero-order valence-electron chi connectivity index (χ0n) is 12.1. The van der Waals surface area contributed by atoms with E-state index >= 15 is 0 Å². The fraction of sp³-hybridized carbons (Fsp3) is 0.846. The molecule has 0 saturated carbocycles. The number of nitrogens with zero attached hydrogens (tertiary/aromatic N) is 2. The van der Waals surface area contributed by atoms with E-state index in [1.165, 1.54) is 0 Å². The number of likely N-dealkylation sites (tertiary alicyclic amines) is 2. The van der Waals surface area contributed by atoms with E-state index < -0.39 is 6.04 Å². The molecule has 2 fully saturated rings. The van der Waals surface area contributed by atoms with Gasteiger partial charge in [0.2, 0.25) is 11.8 Å².